The monoisotopic (exact) mass is 141 g/mol. The van der Waals surface area contributed by atoms with Gasteiger partial charge in [0.15, 0.2) is 0 Å². The lowest BCUT2D eigenvalue weighted by atomic mass is 10.0. The standard InChI is InChI=1S/C6H13NO2/c1-3-4(2)5(7)6(8)9/h4-5H,3,7H2,1-2H3,(H,8,9)/t4-,5+/m1/s1/i1D3,2D3,3D2,4D,5D. The molecule has 0 spiro atoms. The fourth-order valence-corrected chi connectivity index (χ4v) is 0.174. The summed E-state index contributed by atoms with van der Waals surface area (Å²) < 4.78 is 71.5. The average molecular weight is 141 g/mol. The molecule has 54 valence electrons. The Labute approximate surface area is 68.9 Å². The summed E-state index contributed by atoms with van der Waals surface area (Å²) in [5.74, 6) is -6.21. The smallest absolute Gasteiger partial charge is 0.320 e. The first-order valence-corrected chi connectivity index (χ1v) is 1.97. The minimum absolute atomic E-state index is 2.31. The van der Waals surface area contributed by atoms with Crippen LogP contribution in [0.1, 0.15) is 33.8 Å². The van der Waals surface area contributed by atoms with Crippen LogP contribution in [0.2, 0.25) is 0 Å². The highest BCUT2D eigenvalue weighted by molar-refractivity contribution is 5.73. The number of aliphatic carboxylic acids is 1. The molecule has 0 saturated carbocycles. The topological polar surface area (TPSA) is 63.3 Å². The fraction of sp³-hybridized carbons (Fsp3) is 0.833. The number of hydrogen-bond donors (Lipinski definition) is 2. The SMILES string of the molecule is [2H]C([2H])([2H])C([2H])([2H])[C@@]([2H])(C([2H])([2H])[2H])[C@]([2H])(N)C(=O)O. The maximum atomic E-state index is 10.9. The summed E-state index contributed by atoms with van der Waals surface area (Å²) in [6.07, 6.45) is -3.85. The number of hydrogen-bond acceptors (Lipinski definition) is 2. The third-order valence-electron chi connectivity index (χ3n) is 0.625. The highest BCUT2D eigenvalue weighted by atomic mass is 16.4. The molecule has 0 aliphatic rings. The molecule has 3 nitrogen and oxygen atoms in total. The zero-order valence-corrected chi connectivity index (χ0v) is 4.43. The first-order valence-electron chi connectivity index (χ1n) is 6.97. The molecule has 0 bridgehead atoms. The molecule has 9 heavy (non-hydrogen) atoms. The van der Waals surface area contributed by atoms with Crippen LogP contribution in [0.5, 0.6) is 0 Å². The highest BCUT2D eigenvalue weighted by Crippen LogP contribution is 2.04. The lowest BCUT2D eigenvalue weighted by Crippen LogP contribution is -2.36. The van der Waals surface area contributed by atoms with Crippen LogP contribution >= 0.6 is 0 Å². The van der Waals surface area contributed by atoms with Gasteiger partial charge in [0.2, 0.25) is 0 Å². The molecule has 0 aliphatic heterocycles. The van der Waals surface area contributed by atoms with E-state index < -0.39 is 38.0 Å². The van der Waals surface area contributed by atoms with E-state index in [0.29, 0.717) is 0 Å². The van der Waals surface area contributed by atoms with Gasteiger partial charge in [0.1, 0.15) is 6.02 Å². The Morgan fingerprint density at radius 1 is 2.22 bits per heavy atom. The number of carboxylic acid groups (broad SMARTS) is 1. The Kier molecular flexibility index (Phi) is 0.588. The van der Waals surface area contributed by atoms with Crippen molar-refractivity contribution in [1.82, 2.24) is 0 Å². The van der Waals surface area contributed by atoms with Gasteiger partial charge in [0.05, 0.1) is 1.37 Å². The summed E-state index contributed by atoms with van der Waals surface area (Å²) in [6, 6.07) is -3.68. The van der Waals surface area contributed by atoms with E-state index in [4.69, 9.17) is 24.5 Å². The van der Waals surface area contributed by atoms with Gasteiger partial charge in [-0.15, -0.1) is 0 Å². The van der Waals surface area contributed by atoms with Crippen molar-refractivity contribution in [2.45, 2.75) is 26.1 Å². The molecule has 3 N–H and O–H groups in total. The zero-order chi connectivity index (χ0) is 16.1. The number of rotatable bonds is 3. The molecule has 0 amide bonds. The molecule has 0 fully saturated rings. The lowest BCUT2D eigenvalue weighted by Gasteiger charge is -2.11. The van der Waals surface area contributed by atoms with Gasteiger partial charge in [-0.05, 0) is 5.89 Å². The van der Waals surface area contributed by atoms with Crippen molar-refractivity contribution in [2.75, 3.05) is 0 Å². The van der Waals surface area contributed by atoms with E-state index >= 15 is 0 Å². The van der Waals surface area contributed by atoms with Crippen molar-refractivity contribution < 1.29 is 23.6 Å². The van der Waals surface area contributed by atoms with E-state index in [2.05, 4.69) is 0 Å². The minimum Gasteiger partial charge on any atom is -0.480 e. The predicted molar refractivity (Wildman–Crippen MR) is 35.1 cm³/mol. The predicted octanol–water partition coefficient (Wildman–Crippen LogP) is 0.444. The van der Waals surface area contributed by atoms with Crippen molar-refractivity contribution in [3.63, 3.8) is 0 Å². The van der Waals surface area contributed by atoms with Crippen LogP contribution in [0.15, 0.2) is 0 Å². The zero-order valence-electron chi connectivity index (χ0n) is 14.4. The lowest BCUT2D eigenvalue weighted by molar-refractivity contribution is -0.139. The van der Waals surface area contributed by atoms with Crippen LogP contribution in [-0.2, 0) is 4.79 Å². The van der Waals surface area contributed by atoms with Gasteiger partial charge >= 0.3 is 5.97 Å². The maximum Gasteiger partial charge on any atom is 0.320 e. The van der Waals surface area contributed by atoms with Crippen LogP contribution in [0, 0.1) is 5.89 Å². The van der Waals surface area contributed by atoms with Crippen LogP contribution < -0.4 is 5.73 Å². The molecular formula is C6H13NO2. The van der Waals surface area contributed by atoms with Crippen molar-refractivity contribution >= 4 is 5.97 Å². The number of nitrogens with two attached hydrogens (primary N) is 1. The van der Waals surface area contributed by atoms with E-state index in [0.717, 1.165) is 0 Å². The van der Waals surface area contributed by atoms with Gasteiger partial charge in [-0.3, -0.25) is 4.79 Å². The summed E-state index contributed by atoms with van der Waals surface area (Å²) in [5.41, 5.74) is 4.94. The maximum absolute atomic E-state index is 10.9. The first-order chi connectivity index (χ1) is 7.94. The molecule has 0 aromatic carbocycles. The molecule has 0 radical (unpaired) electrons. The molecule has 0 heterocycles. The van der Waals surface area contributed by atoms with Crippen LogP contribution in [0.25, 0.3) is 0 Å². The molecule has 3 heteroatoms. The van der Waals surface area contributed by atoms with Crippen LogP contribution in [0.4, 0.5) is 0 Å². The summed E-state index contributed by atoms with van der Waals surface area (Å²) in [4.78, 5) is 10.9. The third kappa shape index (κ3) is 2.46. The van der Waals surface area contributed by atoms with E-state index in [1.54, 1.807) is 0 Å². The van der Waals surface area contributed by atoms with E-state index in [9.17, 15) is 4.79 Å². The second-order valence-corrected chi connectivity index (χ2v) is 1.22. The van der Waals surface area contributed by atoms with Gasteiger partial charge < -0.3 is 10.8 Å². The Morgan fingerprint density at radius 2 is 2.89 bits per heavy atom. The normalized spacial score (nSPS) is 44.6. The Bertz CT molecular complexity index is 371. The molecule has 0 aliphatic carbocycles. The van der Waals surface area contributed by atoms with Gasteiger partial charge in [-0.25, -0.2) is 0 Å². The number of carboxylic acids is 1. The van der Waals surface area contributed by atoms with Crippen LogP contribution in [0.3, 0.4) is 0 Å². The fourth-order valence-electron chi connectivity index (χ4n) is 0.174. The molecule has 0 rings (SSSR count). The molecular weight excluding hydrogens is 118 g/mol. The van der Waals surface area contributed by atoms with Gasteiger partial charge in [0, 0.05) is 12.3 Å². The molecule has 0 aromatic rings. The second-order valence-electron chi connectivity index (χ2n) is 1.22. The Balaban J connectivity index is 6.38. The highest BCUT2D eigenvalue weighted by Gasteiger charge is 2.17. The van der Waals surface area contributed by atoms with Crippen molar-refractivity contribution in [2.24, 2.45) is 11.6 Å². The quantitative estimate of drug-likeness (QED) is 0.599. The van der Waals surface area contributed by atoms with E-state index in [1.807, 2.05) is 0 Å². The Morgan fingerprint density at radius 3 is 3.22 bits per heavy atom. The first kappa shape index (κ1) is 1.53. The van der Waals surface area contributed by atoms with Gasteiger partial charge in [0.25, 0.3) is 0 Å². The van der Waals surface area contributed by atoms with Crippen molar-refractivity contribution in [1.29, 1.82) is 0 Å². The minimum atomic E-state index is -3.90. The summed E-state index contributed by atoms with van der Waals surface area (Å²) in [7, 11) is 0. The summed E-state index contributed by atoms with van der Waals surface area (Å²) >= 11 is 0. The Hall–Kier alpha value is -0.570. The van der Waals surface area contributed by atoms with Gasteiger partial charge in [-0.2, -0.15) is 0 Å². The molecule has 0 saturated heterocycles. The van der Waals surface area contributed by atoms with Crippen molar-refractivity contribution in [3.8, 4) is 0 Å². The number of carbonyl (C=O) groups is 1. The third-order valence-corrected chi connectivity index (χ3v) is 0.625. The second kappa shape index (κ2) is 3.45. The molecule has 0 aromatic heterocycles. The largest absolute Gasteiger partial charge is 0.480 e. The molecule has 0 unspecified atom stereocenters. The summed E-state index contributed by atoms with van der Waals surface area (Å²) in [6.45, 7) is -7.40. The van der Waals surface area contributed by atoms with Crippen molar-refractivity contribution in [3.05, 3.63) is 0 Å². The van der Waals surface area contributed by atoms with Crippen LogP contribution in [-0.4, -0.2) is 17.1 Å². The average Bonchev–Trinajstić information content (AvgIpc) is 2.11. The van der Waals surface area contributed by atoms with E-state index in [1.165, 1.54) is 0 Å². The van der Waals surface area contributed by atoms with Gasteiger partial charge in [-0.1, -0.05) is 20.1 Å². The summed E-state index contributed by atoms with van der Waals surface area (Å²) in [5, 5.41) is 8.74. The molecule has 2 atom stereocenters. The van der Waals surface area contributed by atoms with E-state index in [-0.39, 0.29) is 0 Å².